The SMILES string of the molecule is Cc1cc(Nc2nccc(-c3cc(C#N)c4c(c3)[C@@](C)(CO[Si](C)(C)C(C)(C)C)CN4)n2)n(CC(=O)O)n1. The standard InChI is InChI=1S/C27H35N7O3Si/c1-17-10-22(34(33-17)14-23(35)36)32-25-29-9-8-21(31-25)18-11-19(13-28)24-20(12-18)27(5,15-30-24)16-37-38(6,7)26(2,3)4/h8-12,30H,14-16H2,1-7H3,(H,35,36)(H,29,31,32)/t27-/m1/s1. The van der Waals surface area contributed by atoms with Crippen molar-refractivity contribution in [1.82, 2.24) is 19.7 Å². The zero-order chi connectivity index (χ0) is 27.9. The predicted octanol–water partition coefficient (Wildman–Crippen LogP) is 5.05. The van der Waals surface area contributed by atoms with E-state index >= 15 is 0 Å². The Balaban J connectivity index is 1.67. The number of rotatable bonds is 8. The van der Waals surface area contributed by atoms with Crippen molar-refractivity contribution < 1.29 is 14.3 Å². The van der Waals surface area contributed by atoms with Crippen molar-refractivity contribution in [2.75, 3.05) is 23.8 Å². The second-order valence-corrected chi connectivity index (χ2v) is 16.4. The van der Waals surface area contributed by atoms with Gasteiger partial charge in [0.25, 0.3) is 0 Å². The molecule has 2 aromatic heterocycles. The Hall–Kier alpha value is -3.75. The zero-order valence-corrected chi connectivity index (χ0v) is 24.0. The van der Waals surface area contributed by atoms with Crippen LogP contribution in [0.4, 0.5) is 17.5 Å². The number of carbonyl (C=O) groups is 1. The Morgan fingerprint density at radius 3 is 2.74 bits per heavy atom. The lowest BCUT2D eigenvalue weighted by Gasteiger charge is -2.39. The van der Waals surface area contributed by atoms with E-state index in [1.165, 1.54) is 4.68 Å². The summed E-state index contributed by atoms with van der Waals surface area (Å²) in [7, 11) is -1.96. The van der Waals surface area contributed by atoms with Crippen LogP contribution < -0.4 is 10.6 Å². The largest absolute Gasteiger partial charge is 0.480 e. The molecule has 1 atom stereocenters. The molecular formula is C27H35N7O3Si. The molecule has 0 saturated heterocycles. The number of hydrogen-bond acceptors (Lipinski definition) is 8. The molecular weight excluding hydrogens is 498 g/mol. The third-order valence-electron chi connectivity index (χ3n) is 7.50. The molecule has 0 unspecified atom stereocenters. The normalized spacial score (nSPS) is 17.0. The van der Waals surface area contributed by atoms with Crippen molar-refractivity contribution in [3.8, 4) is 17.3 Å². The van der Waals surface area contributed by atoms with Crippen LogP contribution in [0.1, 0.15) is 44.5 Å². The van der Waals surface area contributed by atoms with Gasteiger partial charge in [-0.1, -0.05) is 27.7 Å². The summed E-state index contributed by atoms with van der Waals surface area (Å²) in [6.07, 6.45) is 1.63. The Morgan fingerprint density at radius 1 is 1.34 bits per heavy atom. The van der Waals surface area contributed by atoms with Gasteiger partial charge in [0.2, 0.25) is 5.95 Å². The number of anilines is 3. The predicted molar refractivity (Wildman–Crippen MR) is 149 cm³/mol. The molecule has 3 heterocycles. The molecule has 11 heteroatoms. The second kappa shape index (κ2) is 9.85. The molecule has 3 aromatic rings. The zero-order valence-electron chi connectivity index (χ0n) is 23.0. The van der Waals surface area contributed by atoms with Gasteiger partial charge in [-0.05, 0) is 48.8 Å². The maximum absolute atomic E-state index is 11.2. The lowest BCUT2D eigenvalue weighted by Crippen LogP contribution is -2.45. The number of fused-ring (bicyclic) bond motifs is 1. The average molecular weight is 534 g/mol. The summed E-state index contributed by atoms with van der Waals surface area (Å²) in [6, 6.07) is 9.77. The molecule has 0 fully saturated rings. The van der Waals surface area contributed by atoms with Crippen molar-refractivity contribution >= 4 is 31.7 Å². The van der Waals surface area contributed by atoms with Gasteiger partial charge in [-0.15, -0.1) is 0 Å². The highest BCUT2D eigenvalue weighted by atomic mass is 28.4. The number of hydrogen-bond donors (Lipinski definition) is 3. The van der Waals surface area contributed by atoms with E-state index in [2.05, 4.69) is 78.6 Å². The van der Waals surface area contributed by atoms with Crippen molar-refractivity contribution in [2.24, 2.45) is 0 Å². The van der Waals surface area contributed by atoms with E-state index in [1.54, 1.807) is 25.3 Å². The van der Waals surface area contributed by atoms with Gasteiger partial charge in [0.1, 0.15) is 18.4 Å². The van der Waals surface area contributed by atoms with E-state index in [0.717, 1.165) is 16.8 Å². The molecule has 0 saturated carbocycles. The molecule has 1 aliphatic rings. The minimum Gasteiger partial charge on any atom is -0.480 e. The molecule has 38 heavy (non-hydrogen) atoms. The minimum absolute atomic E-state index is 0.0978. The number of aliphatic carboxylic acids is 1. The van der Waals surface area contributed by atoms with Gasteiger partial charge < -0.3 is 20.2 Å². The fourth-order valence-corrected chi connectivity index (χ4v) is 5.31. The van der Waals surface area contributed by atoms with Crippen LogP contribution in [0.5, 0.6) is 0 Å². The van der Waals surface area contributed by atoms with Crippen molar-refractivity contribution in [3.05, 3.63) is 47.3 Å². The van der Waals surface area contributed by atoms with E-state index in [-0.39, 0.29) is 17.0 Å². The van der Waals surface area contributed by atoms with Crippen LogP contribution >= 0.6 is 0 Å². The first-order valence-electron chi connectivity index (χ1n) is 12.6. The Kier molecular flexibility index (Phi) is 7.07. The number of carboxylic acid groups (broad SMARTS) is 1. The summed E-state index contributed by atoms with van der Waals surface area (Å²) in [5.41, 5.74) is 4.24. The smallest absolute Gasteiger partial charge is 0.325 e. The van der Waals surface area contributed by atoms with Crippen LogP contribution in [0.2, 0.25) is 18.1 Å². The average Bonchev–Trinajstić information content (AvgIpc) is 3.35. The highest BCUT2D eigenvalue weighted by Crippen LogP contribution is 2.44. The lowest BCUT2D eigenvalue weighted by molar-refractivity contribution is -0.137. The van der Waals surface area contributed by atoms with E-state index in [0.29, 0.717) is 41.9 Å². The van der Waals surface area contributed by atoms with Crippen LogP contribution in [0.25, 0.3) is 11.3 Å². The van der Waals surface area contributed by atoms with Gasteiger partial charge >= 0.3 is 5.97 Å². The van der Waals surface area contributed by atoms with Crippen molar-refractivity contribution in [2.45, 2.75) is 64.7 Å². The second-order valence-electron chi connectivity index (χ2n) is 11.6. The molecule has 0 amide bonds. The van der Waals surface area contributed by atoms with Crippen LogP contribution in [-0.2, 0) is 21.2 Å². The van der Waals surface area contributed by atoms with E-state index in [4.69, 9.17) is 4.43 Å². The molecule has 0 radical (unpaired) electrons. The molecule has 0 bridgehead atoms. The third-order valence-corrected chi connectivity index (χ3v) is 12.0. The first kappa shape index (κ1) is 27.3. The first-order chi connectivity index (χ1) is 17.7. The Labute approximate surface area is 224 Å². The van der Waals surface area contributed by atoms with Crippen LogP contribution in [0, 0.1) is 18.3 Å². The summed E-state index contributed by atoms with van der Waals surface area (Å²) in [4.78, 5) is 20.2. The maximum Gasteiger partial charge on any atom is 0.325 e. The summed E-state index contributed by atoms with van der Waals surface area (Å²) in [6.45, 7) is 16.1. The molecule has 1 aliphatic heterocycles. The van der Waals surface area contributed by atoms with E-state index in [1.807, 2.05) is 6.07 Å². The number of aryl methyl sites for hydroxylation is 1. The summed E-state index contributed by atoms with van der Waals surface area (Å²) in [5.74, 6) is -0.217. The molecule has 0 aliphatic carbocycles. The number of nitriles is 1. The Morgan fingerprint density at radius 2 is 2.08 bits per heavy atom. The first-order valence-corrected chi connectivity index (χ1v) is 15.5. The van der Waals surface area contributed by atoms with E-state index < -0.39 is 14.3 Å². The summed E-state index contributed by atoms with van der Waals surface area (Å²) in [5, 5.41) is 30.0. The van der Waals surface area contributed by atoms with Gasteiger partial charge in [0.05, 0.1) is 22.6 Å². The number of benzene rings is 1. The Bertz CT molecular complexity index is 1420. The quantitative estimate of drug-likeness (QED) is 0.339. The molecule has 3 N–H and O–H groups in total. The van der Waals surface area contributed by atoms with Crippen LogP contribution in [-0.4, -0.2) is 52.3 Å². The lowest BCUT2D eigenvalue weighted by atomic mass is 9.83. The molecule has 0 spiro atoms. The molecule has 1 aromatic carbocycles. The van der Waals surface area contributed by atoms with Gasteiger partial charge in [0, 0.05) is 36.4 Å². The highest BCUT2D eigenvalue weighted by molar-refractivity contribution is 6.74. The van der Waals surface area contributed by atoms with Gasteiger partial charge in [-0.2, -0.15) is 10.4 Å². The van der Waals surface area contributed by atoms with Gasteiger partial charge in [-0.25, -0.2) is 14.6 Å². The van der Waals surface area contributed by atoms with Crippen LogP contribution in [0.3, 0.4) is 0 Å². The fourth-order valence-electron chi connectivity index (χ4n) is 4.20. The number of carboxylic acids is 1. The molecule has 200 valence electrons. The highest BCUT2D eigenvalue weighted by Gasteiger charge is 2.42. The van der Waals surface area contributed by atoms with Crippen molar-refractivity contribution in [1.29, 1.82) is 5.26 Å². The number of aromatic nitrogens is 4. The number of nitrogens with one attached hydrogen (secondary N) is 2. The van der Waals surface area contributed by atoms with Crippen molar-refractivity contribution in [3.63, 3.8) is 0 Å². The minimum atomic E-state index is -1.96. The van der Waals surface area contributed by atoms with Gasteiger partial charge in [0.15, 0.2) is 8.32 Å². The van der Waals surface area contributed by atoms with Gasteiger partial charge in [-0.3, -0.25) is 4.79 Å². The molecule has 4 rings (SSSR count). The summed E-state index contributed by atoms with van der Waals surface area (Å²) < 4.78 is 7.97. The molecule has 10 nitrogen and oxygen atoms in total. The van der Waals surface area contributed by atoms with Crippen LogP contribution in [0.15, 0.2) is 30.5 Å². The van der Waals surface area contributed by atoms with E-state index in [9.17, 15) is 15.2 Å². The maximum atomic E-state index is 11.2. The third kappa shape index (κ3) is 5.42. The monoisotopic (exact) mass is 533 g/mol. The number of nitrogens with zero attached hydrogens (tertiary/aromatic N) is 5. The summed E-state index contributed by atoms with van der Waals surface area (Å²) >= 11 is 0. The topological polar surface area (TPSA) is 138 Å². The fraction of sp³-hybridized carbons (Fsp3) is 0.444.